The minimum Gasteiger partial charge on any atom is -0.339 e. The molecule has 7 heteroatoms. The van der Waals surface area contributed by atoms with Crippen LogP contribution >= 0.6 is 0 Å². The number of hydrogen-bond donors (Lipinski definition) is 1. The Labute approximate surface area is 100 Å². The van der Waals surface area contributed by atoms with E-state index in [9.17, 15) is 8.42 Å². The van der Waals surface area contributed by atoms with Gasteiger partial charge in [-0.15, -0.1) is 0 Å². The molecule has 0 saturated carbocycles. The van der Waals surface area contributed by atoms with Gasteiger partial charge in [0, 0.05) is 12.3 Å². The van der Waals surface area contributed by atoms with Crippen molar-refractivity contribution in [3.05, 3.63) is 11.7 Å². The Morgan fingerprint density at radius 1 is 1.35 bits per heavy atom. The number of aromatic nitrogens is 2. The van der Waals surface area contributed by atoms with Gasteiger partial charge in [0.1, 0.15) is 9.84 Å². The van der Waals surface area contributed by atoms with Crippen LogP contribution in [0, 0.1) is 0 Å². The molecular weight excluding hydrogens is 242 g/mol. The third-order valence-corrected chi connectivity index (χ3v) is 4.71. The zero-order chi connectivity index (χ0) is 12.3. The molecule has 17 heavy (non-hydrogen) atoms. The van der Waals surface area contributed by atoms with Gasteiger partial charge in [-0.1, -0.05) is 5.16 Å². The van der Waals surface area contributed by atoms with Crippen LogP contribution in [0.4, 0.5) is 0 Å². The smallest absolute Gasteiger partial charge is 0.226 e. The number of nitrogens with zero attached hydrogens (tertiary/aromatic N) is 2. The number of sulfone groups is 1. The fourth-order valence-corrected chi connectivity index (χ4v) is 3.43. The third kappa shape index (κ3) is 3.26. The monoisotopic (exact) mass is 259 g/mol. The van der Waals surface area contributed by atoms with Crippen molar-refractivity contribution in [1.82, 2.24) is 10.1 Å². The molecule has 1 fully saturated rings. The second kappa shape index (κ2) is 5.14. The van der Waals surface area contributed by atoms with E-state index >= 15 is 0 Å². The Hall–Kier alpha value is -0.950. The molecule has 0 bridgehead atoms. The predicted molar refractivity (Wildman–Crippen MR) is 62.3 cm³/mol. The highest BCUT2D eigenvalue weighted by molar-refractivity contribution is 7.91. The molecule has 96 valence electrons. The Bertz CT molecular complexity index is 455. The zero-order valence-corrected chi connectivity index (χ0v) is 10.4. The lowest BCUT2D eigenvalue weighted by Crippen LogP contribution is -2.22. The zero-order valence-electron chi connectivity index (χ0n) is 9.63. The van der Waals surface area contributed by atoms with Crippen molar-refractivity contribution in [2.75, 3.05) is 18.1 Å². The summed E-state index contributed by atoms with van der Waals surface area (Å²) in [6.45, 7) is 0.597. The van der Waals surface area contributed by atoms with Crippen LogP contribution in [-0.4, -0.2) is 36.6 Å². The fourth-order valence-electron chi connectivity index (χ4n) is 1.94. The van der Waals surface area contributed by atoms with E-state index in [4.69, 9.17) is 10.3 Å². The molecule has 0 radical (unpaired) electrons. The molecule has 1 aliphatic heterocycles. The molecule has 2 heterocycles. The van der Waals surface area contributed by atoms with E-state index in [2.05, 4.69) is 10.1 Å². The summed E-state index contributed by atoms with van der Waals surface area (Å²) in [5.41, 5.74) is 5.40. The first-order chi connectivity index (χ1) is 8.11. The standard InChI is InChI=1S/C10H17N3O3S/c11-5-1-2-9-12-10(13-16-9)8-3-6-17(14,15)7-4-8/h8H,1-7,11H2. The lowest BCUT2D eigenvalue weighted by molar-refractivity contribution is 0.365. The first-order valence-electron chi connectivity index (χ1n) is 5.84. The first-order valence-corrected chi connectivity index (χ1v) is 7.66. The Kier molecular flexibility index (Phi) is 3.78. The van der Waals surface area contributed by atoms with E-state index in [1.165, 1.54) is 0 Å². The molecule has 1 saturated heterocycles. The first kappa shape index (κ1) is 12.5. The maximum Gasteiger partial charge on any atom is 0.226 e. The molecular formula is C10H17N3O3S. The normalized spacial score (nSPS) is 20.5. The van der Waals surface area contributed by atoms with Crippen molar-refractivity contribution < 1.29 is 12.9 Å². The van der Waals surface area contributed by atoms with Gasteiger partial charge in [0.05, 0.1) is 11.5 Å². The maximum atomic E-state index is 11.3. The van der Waals surface area contributed by atoms with Crippen molar-refractivity contribution in [2.45, 2.75) is 31.6 Å². The predicted octanol–water partition coefficient (Wildman–Crippen LogP) is 0.253. The van der Waals surface area contributed by atoms with Gasteiger partial charge >= 0.3 is 0 Å². The summed E-state index contributed by atoms with van der Waals surface area (Å²) in [5.74, 6) is 1.81. The molecule has 0 spiro atoms. The SMILES string of the molecule is NCCCc1nc(C2CCS(=O)(=O)CC2)no1. The van der Waals surface area contributed by atoms with Crippen LogP contribution in [0.2, 0.25) is 0 Å². The van der Waals surface area contributed by atoms with Crippen molar-refractivity contribution in [3.8, 4) is 0 Å². The quantitative estimate of drug-likeness (QED) is 0.832. The van der Waals surface area contributed by atoms with Gasteiger partial charge in [-0.25, -0.2) is 8.42 Å². The highest BCUT2D eigenvalue weighted by Crippen LogP contribution is 2.27. The second-order valence-electron chi connectivity index (χ2n) is 4.36. The molecule has 1 aliphatic rings. The Morgan fingerprint density at radius 3 is 2.71 bits per heavy atom. The molecule has 2 N–H and O–H groups in total. The average Bonchev–Trinajstić information content (AvgIpc) is 2.75. The molecule has 1 aromatic rings. The highest BCUT2D eigenvalue weighted by Gasteiger charge is 2.27. The molecule has 1 aromatic heterocycles. The third-order valence-electron chi connectivity index (χ3n) is 3.00. The molecule has 2 rings (SSSR count). The number of nitrogens with two attached hydrogens (primary N) is 1. The molecule has 0 unspecified atom stereocenters. The molecule has 0 amide bonds. The summed E-state index contributed by atoms with van der Waals surface area (Å²) in [7, 11) is -2.83. The van der Waals surface area contributed by atoms with Gasteiger partial charge in [-0.2, -0.15) is 4.98 Å². The summed E-state index contributed by atoms with van der Waals surface area (Å²) in [6, 6.07) is 0. The van der Waals surface area contributed by atoms with Crippen LogP contribution < -0.4 is 5.73 Å². The van der Waals surface area contributed by atoms with Gasteiger partial charge in [-0.3, -0.25) is 0 Å². The maximum absolute atomic E-state index is 11.3. The summed E-state index contributed by atoms with van der Waals surface area (Å²) < 4.78 is 27.7. The van der Waals surface area contributed by atoms with E-state index in [0.29, 0.717) is 37.5 Å². The topological polar surface area (TPSA) is 99.1 Å². The Balaban J connectivity index is 1.96. The lowest BCUT2D eigenvalue weighted by Gasteiger charge is -2.18. The molecule has 0 aliphatic carbocycles. The van der Waals surface area contributed by atoms with Crippen LogP contribution in [-0.2, 0) is 16.3 Å². The summed E-state index contributed by atoms with van der Waals surface area (Å²) in [5, 5.41) is 3.92. The lowest BCUT2D eigenvalue weighted by atomic mass is 10.0. The highest BCUT2D eigenvalue weighted by atomic mass is 32.2. The van der Waals surface area contributed by atoms with Gasteiger partial charge in [0.2, 0.25) is 5.89 Å². The average molecular weight is 259 g/mol. The van der Waals surface area contributed by atoms with Crippen molar-refractivity contribution in [2.24, 2.45) is 5.73 Å². The van der Waals surface area contributed by atoms with Crippen molar-refractivity contribution >= 4 is 9.84 Å². The number of aryl methyl sites for hydroxylation is 1. The van der Waals surface area contributed by atoms with E-state index in [1.807, 2.05) is 0 Å². The van der Waals surface area contributed by atoms with Crippen LogP contribution in [0.15, 0.2) is 4.52 Å². The van der Waals surface area contributed by atoms with E-state index in [0.717, 1.165) is 6.42 Å². The van der Waals surface area contributed by atoms with Gasteiger partial charge in [0.15, 0.2) is 5.82 Å². The minimum atomic E-state index is -2.83. The summed E-state index contributed by atoms with van der Waals surface area (Å²) in [4.78, 5) is 4.29. The largest absolute Gasteiger partial charge is 0.339 e. The van der Waals surface area contributed by atoms with Gasteiger partial charge < -0.3 is 10.3 Å². The van der Waals surface area contributed by atoms with Gasteiger partial charge in [-0.05, 0) is 25.8 Å². The van der Waals surface area contributed by atoms with E-state index in [-0.39, 0.29) is 17.4 Å². The van der Waals surface area contributed by atoms with Crippen LogP contribution in [0.25, 0.3) is 0 Å². The Morgan fingerprint density at radius 2 is 2.06 bits per heavy atom. The summed E-state index contributed by atoms with van der Waals surface area (Å²) >= 11 is 0. The molecule has 6 nitrogen and oxygen atoms in total. The van der Waals surface area contributed by atoms with Crippen LogP contribution in [0.5, 0.6) is 0 Å². The number of rotatable bonds is 4. The molecule has 0 atom stereocenters. The van der Waals surface area contributed by atoms with Crippen LogP contribution in [0.3, 0.4) is 0 Å². The molecule has 0 aromatic carbocycles. The number of hydrogen-bond acceptors (Lipinski definition) is 6. The van der Waals surface area contributed by atoms with Crippen molar-refractivity contribution in [1.29, 1.82) is 0 Å². The fraction of sp³-hybridized carbons (Fsp3) is 0.800. The van der Waals surface area contributed by atoms with Crippen molar-refractivity contribution in [3.63, 3.8) is 0 Å². The summed E-state index contributed by atoms with van der Waals surface area (Å²) in [6.07, 6.45) is 2.70. The van der Waals surface area contributed by atoms with E-state index in [1.54, 1.807) is 0 Å². The second-order valence-corrected chi connectivity index (χ2v) is 6.67. The van der Waals surface area contributed by atoms with Gasteiger partial charge in [0.25, 0.3) is 0 Å². The van der Waals surface area contributed by atoms with Crippen LogP contribution in [0.1, 0.15) is 36.9 Å². The van der Waals surface area contributed by atoms with E-state index < -0.39 is 9.84 Å². The minimum absolute atomic E-state index is 0.119.